The summed E-state index contributed by atoms with van der Waals surface area (Å²) < 4.78 is 18.6. The second-order valence-electron chi connectivity index (χ2n) is 4.68. The van der Waals surface area contributed by atoms with Crippen molar-refractivity contribution in [3.63, 3.8) is 0 Å². The number of rotatable bonds is 2. The van der Waals surface area contributed by atoms with Gasteiger partial charge in [-0.05, 0) is 41.7 Å². The number of hydrogen-bond donors (Lipinski definition) is 2. The minimum atomic E-state index is -0.999. The van der Waals surface area contributed by atoms with Crippen molar-refractivity contribution >= 4 is 24.2 Å². The number of nitrogens with one attached hydrogen (secondary N) is 1. The van der Waals surface area contributed by atoms with Crippen molar-refractivity contribution in [2.24, 2.45) is 0 Å². The van der Waals surface area contributed by atoms with Crippen molar-refractivity contribution in [2.75, 3.05) is 11.9 Å². The highest BCUT2D eigenvalue weighted by atomic mass is 19.1. The summed E-state index contributed by atoms with van der Waals surface area (Å²) in [5, 5.41) is 12.4. The first-order valence-corrected chi connectivity index (χ1v) is 6.49. The highest BCUT2D eigenvalue weighted by Crippen LogP contribution is 2.14. The molecule has 0 saturated heterocycles. The van der Waals surface area contributed by atoms with Gasteiger partial charge in [0.15, 0.2) is 0 Å². The van der Waals surface area contributed by atoms with Gasteiger partial charge in [-0.15, -0.1) is 0 Å². The van der Waals surface area contributed by atoms with E-state index in [0.29, 0.717) is 24.2 Å². The average Bonchev–Trinajstić information content (AvgIpc) is 2.48. The second kappa shape index (κ2) is 5.63. The third-order valence-corrected chi connectivity index (χ3v) is 3.32. The molecule has 1 aliphatic heterocycles. The Morgan fingerprint density at radius 3 is 3.10 bits per heavy atom. The Morgan fingerprint density at radius 2 is 2.29 bits per heavy atom. The van der Waals surface area contributed by atoms with E-state index in [9.17, 15) is 14.2 Å². The monoisotopic (exact) mass is 286 g/mol. The number of pyridine rings is 1. The van der Waals surface area contributed by atoms with Gasteiger partial charge in [0.05, 0.1) is 5.56 Å². The molecule has 0 atom stereocenters. The summed E-state index contributed by atoms with van der Waals surface area (Å²) in [6, 6.07) is 8.00. The summed E-state index contributed by atoms with van der Waals surface area (Å²) in [5.74, 6) is -1.41. The van der Waals surface area contributed by atoms with Crippen LogP contribution in [0.2, 0.25) is 0 Å². The molecule has 0 spiro atoms. The minimum absolute atomic E-state index is 0.132. The SMILES string of the molecule is O=C(Nc1ccc2c(c1)B(O)OCC2)c1cccnc1F. The van der Waals surface area contributed by atoms with Crippen LogP contribution in [0.4, 0.5) is 10.1 Å². The van der Waals surface area contributed by atoms with E-state index in [1.165, 1.54) is 18.3 Å². The van der Waals surface area contributed by atoms with E-state index in [2.05, 4.69) is 10.3 Å². The predicted octanol–water partition coefficient (Wildman–Crippen LogP) is 0.733. The molecule has 2 aromatic rings. The molecule has 1 aromatic carbocycles. The number of anilines is 1. The number of benzene rings is 1. The summed E-state index contributed by atoms with van der Waals surface area (Å²) in [7, 11) is -0.999. The smallest absolute Gasteiger partial charge is 0.423 e. The van der Waals surface area contributed by atoms with Crippen molar-refractivity contribution in [3.05, 3.63) is 53.6 Å². The fraction of sp³-hybridized carbons (Fsp3) is 0.143. The largest absolute Gasteiger partial charge is 0.491 e. The number of fused-ring (bicyclic) bond motifs is 1. The van der Waals surface area contributed by atoms with Gasteiger partial charge < -0.3 is 15.0 Å². The van der Waals surface area contributed by atoms with E-state index in [-0.39, 0.29) is 5.56 Å². The van der Waals surface area contributed by atoms with Gasteiger partial charge in [-0.2, -0.15) is 4.39 Å². The van der Waals surface area contributed by atoms with Crippen molar-refractivity contribution < 1.29 is 18.9 Å². The molecule has 2 N–H and O–H groups in total. The molecule has 5 nitrogen and oxygen atoms in total. The minimum Gasteiger partial charge on any atom is -0.423 e. The third kappa shape index (κ3) is 2.79. The molecule has 0 unspecified atom stereocenters. The maximum absolute atomic E-state index is 13.4. The van der Waals surface area contributed by atoms with Crippen LogP contribution in [0.15, 0.2) is 36.5 Å². The molecule has 7 heteroatoms. The van der Waals surface area contributed by atoms with Gasteiger partial charge in [0.25, 0.3) is 5.91 Å². The lowest BCUT2D eigenvalue weighted by molar-refractivity contribution is 0.102. The van der Waals surface area contributed by atoms with Crippen molar-refractivity contribution in [2.45, 2.75) is 6.42 Å². The first-order valence-electron chi connectivity index (χ1n) is 6.49. The van der Waals surface area contributed by atoms with Crippen LogP contribution in [0.25, 0.3) is 0 Å². The highest BCUT2D eigenvalue weighted by Gasteiger charge is 2.25. The Kier molecular flexibility index (Phi) is 3.68. The van der Waals surface area contributed by atoms with Gasteiger partial charge >= 0.3 is 7.12 Å². The Hall–Kier alpha value is -2.25. The molecule has 0 saturated carbocycles. The number of amides is 1. The third-order valence-electron chi connectivity index (χ3n) is 3.32. The molecule has 1 amide bonds. The van der Waals surface area contributed by atoms with Crippen molar-refractivity contribution in [1.82, 2.24) is 4.98 Å². The van der Waals surface area contributed by atoms with E-state index >= 15 is 0 Å². The number of aromatic nitrogens is 1. The molecule has 2 heterocycles. The number of nitrogens with zero attached hydrogens (tertiary/aromatic N) is 1. The molecule has 0 aliphatic carbocycles. The number of hydrogen-bond acceptors (Lipinski definition) is 4. The number of carbonyl (C=O) groups is 1. The Balaban J connectivity index is 1.84. The number of carbonyl (C=O) groups excluding carboxylic acids is 1. The van der Waals surface area contributed by atoms with E-state index in [4.69, 9.17) is 4.65 Å². The van der Waals surface area contributed by atoms with E-state index in [1.54, 1.807) is 12.1 Å². The van der Waals surface area contributed by atoms with Crippen LogP contribution < -0.4 is 10.8 Å². The predicted molar refractivity (Wildman–Crippen MR) is 75.9 cm³/mol. The average molecular weight is 286 g/mol. The zero-order chi connectivity index (χ0) is 14.8. The van der Waals surface area contributed by atoms with Crippen LogP contribution in [0.5, 0.6) is 0 Å². The van der Waals surface area contributed by atoms with Crippen LogP contribution in [-0.4, -0.2) is 29.6 Å². The van der Waals surface area contributed by atoms with Crippen molar-refractivity contribution in [3.8, 4) is 0 Å². The lowest BCUT2D eigenvalue weighted by Gasteiger charge is -2.19. The fourth-order valence-corrected chi connectivity index (χ4v) is 2.25. The summed E-state index contributed by atoms with van der Waals surface area (Å²) in [6.07, 6.45) is 1.98. The highest BCUT2D eigenvalue weighted by molar-refractivity contribution is 6.61. The van der Waals surface area contributed by atoms with Gasteiger partial charge in [-0.3, -0.25) is 4.79 Å². The summed E-state index contributed by atoms with van der Waals surface area (Å²) in [5.41, 5.74) is 1.92. The number of halogens is 1. The van der Waals surface area contributed by atoms with Crippen LogP contribution in [0.1, 0.15) is 15.9 Å². The Morgan fingerprint density at radius 1 is 1.43 bits per heavy atom. The topological polar surface area (TPSA) is 71.5 Å². The quantitative estimate of drug-likeness (QED) is 0.631. The van der Waals surface area contributed by atoms with Gasteiger partial charge in [-0.1, -0.05) is 6.07 Å². The van der Waals surface area contributed by atoms with Gasteiger partial charge in [0.2, 0.25) is 5.95 Å². The van der Waals surface area contributed by atoms with Crippen LogP contribution in [0.3, 0.4) is 0 Å². The lowest BCUT2D eigenvalue weighted by Crippen LogP contribution is -2.41. The maximum atomic E-state index is 13.4. The lowest BCUT2D eigenvalue weighted by atomic mass is 9.73. The van der Waals surface area contributed by atoms with E-state index < -0.39 is 19.0 Å². The molecule has 0 radical (unpaired) electrons. The summed E-state index contributed by atoms with van der Waals surface area (Å²) in [6.45, 7) is 0.459. The Labute approximate surface area is 120 Å². The normalized spacial score (nSPS) is 13.7. The standard InChI is InChI=1S/C14H12BFN2O3/c16-13-11(2-1-6-17-13)14(19)18-10-4-3-9-5-7-21-15(20)12(9)8-10/h1-4,6,8,20H,5,7H2,(H,18,19). The first-order chi connectivity index (χ1) is 10.1. The van der Waals surface area contributed by atoms with E-state index in [0.717, 1.165) is 5.56 Å². The molecule has 21 heavy (non-hydrogen) atoms. The Bertz CT molecular complexity index is 696. The van der Waals surface area contributed by atoms with Gasteiger partial charge in [0, 0.05) is 18.5 Å². The maximum Gasteiger partial charge on any atom is 0.491 e. The zero-order valence-corrected chi connectivity index (χ0v) is 11.0. The second-order valence-corrected chi connectivity index (χ2v) is 4.68. The van der Waals surface area contributed by atoms with Gasteiger partial charge in [0.1, 0.15) is 0 Å². The summed E-state index contributed by atoms with van der Waals surface area (Å²) in [4.78, 5) is 15.4. The van der Waals surface area contributed by atoms with Crippen molar-refractivity contribution in [1.29, 1.82) is 0 Å². The zero-order valence-electron chi connectivity index (χ0n) is 11.0. The molecule has 0 bridgehead atoms. The van der Waals surface area contributed by atoms with E-state index in [1.807, 2.05) is 6.07 Å². The fourth-order valence-electron chi connectivity index (χ4n) is 2.25. The molecule has 1 aliphatic rings. The van der Waals surface area contributed by atoms with Crippen LogP contribution in [0, 0.1) is 5.95 Å². The van der Waals surface area contributed by atoms with Gasteiger partial charge in [-0.25, -0.2) is 4.98 Å². The van der Waals surface area contributed by atoms with Crippen LogP contribution >= 0.6 is 0 Å². The first kappa shape index (κ1) is 13.7. The molecule has 0 fully saturated rings. The molecule has 3 rings (SSSR count). The molecule has 1 aromatic heterocycles. The van der Waals surface area contributed by atoms with Crippen LogP contribution in [-0.2, 0) is 11.1 Å². The molecular weight excluding hydrogens is 274 g/mol. The summed E-state index contributed by atoms with van der Waals surface area (Å²) >= 11 is 0. The molecular formula is C14H12BFN2O3. The molecule has 106 valence electrons.